The first kappa shape index (κ1) is 13.3. The summed E-state index contributed by atoms with van der Waals surface area (Å²) >= 11 is 0. The van der Waals surface area contributed by atoms with E-state index in [1.54, 1.807) is 12.1 Å². The second-order valence-electron chi connectivity index (χ2n) is 3.86. The van der Waals surface area contributed by atoms with Crippen molar-refractivity contribution < 1.29 is 13.2 Å². The number of nitrogens with zero attached hydrogens (tertiary/aromatic N) is 2. The lowest BCUT2D eigenvalue weighted by Crippen LogP contribution is -2.08. The predicted molar refractivity (Wildman–Crippen MR) is 66.6 cm³/mol. The Morgan fingerprint density at radius 2 is 2.00 bits per heavy atom. The molecule has 1 N–H and O–H groups in total. The summed E-state index contributed by atoms with van der Waals surface area (Å²) in [6, 6.07) is 5.86. The largest absolute Gasteiger partial charge is 0.417 e. The smallest absolute Gasteiger partial charge is 0.370 e. The highest BCUT2D eigenvalue weighted by molar-refractivity contribution is 5.64. The Kier molecular flexibility index (Phi) is 3.69. The van der Waals surface area contributed by atoms with Crippen LogP contribution in [0.4, 0.5) is 19.0 Å². The van der Waals surface area contributed by atoms with Crippen molar-refractivity contribution >= 4 is 5.82 Å². The van der Waals surface area contributed by atoms with Gasteiger partial charge in [0.1, 0.15) is 5.82 Å². The molecule has 0 aromatic carbocycles. The molecule has 6 heteroatoms. The van der Waals surface area contributed by atoms with Crippen LogP contribution in [0.25, 0.3) is 11.3 Å². The van der Waals surface area contributed by atoms with Gasteiger partial charge in [0.15, 0.2) is 0 Å². The van der Waals surface area contributed by atoms with E-state index in [0.29, 0.717) is 12.4 Å². The summed E-state index contributed by atoms with van der Waals surface area (Å²) in [4.78, 5) is 7.91. The van der Waals surface area contributed by atoms with Crippen molar-refractivity contribution in [3.05, 3.63) is 42.2 Å². The lowest BCUT2D eigenvalue weighted by molar-refractivity contribution is -0.137. The van der Waals surface area contributed by atoms with Gasteiger partial charge >= 0.3 is 6.18 Å². The number of alkyl halides is 3. The molecule has 2 aromatic rings. The van der Waals surface area contributed by atoms with Gasteiger partial charge in [0.05, 0.1) is 11.3 Å². The van der Waals surface area contributed by atoms with E-state index < -0.39 is 11.7 Å². The zero-order chi connectivity index (χ0) is 13.9. The van der Waals surface area contributed by atoms with Crippen LogP contribution in [0.5, 0.6) is 0 Å². The highest BCUT2D eigenvalue weighted by Gasteiger charge is 2.33. The summed E-state index contributed by atoms with van der Waals surface area (Å²) in [6.45, 7) is 2.54. The number of hydrogen-bond donors (Lipinski definition) is 1. The van der Waals surface area contributed by atoms with Crippen LogP contribution in [0.3, 0.4) is 0 Å². The number of aromatic nitrogens is 2. The summed E-state index contributed by atoms with van der Waals surface area (Å²) in [5.74, 6) is 0.539. The van der Waals surface area contributed by atoms with Gasteiger partial charge in [0.2, 0.25) is 0 Å². The molecule has 0 aliphatic carbocycles. The van der Waals surface area contributed by atoms with Gasteiger partial charge in [-0.1, -0.05) is 6.07 Å². The maximum Gasteiger partial charge on any atom is 0.417 e. The van der Waals surface area contributed by atoms with Gasteiger partial charge in [-0.25, -0.2) is 4.98 Å². The van der Waals surface area contributed by atoms with Crippen molar-refractivity contribution in [1.29, 1.82) is 0 Å². The normalized spacial score (nSPS) is 11.4. The molecule has 3 nitrogen and oxygen atoms in total. The number of pyridine rings is 2. The van der Waals surface area contributed by atoms with E-state index in [-0.39, 0.29) is 11.3 Å². The summed E-state index contributed by atoms with van der Waals surface area (Å²) in [5.41, 5.74) is -0.503. The first-order valence-corrected chi connectivity index (χ1v) is 5.75. The van der Waals surface area contributed by atoms with Crippen molar-refractivity contribution in [2.75, 3.05) is 11.9 Å². The van der Waals surface area contributed by atoms with Crippen LogP contribution < -0.4 is 5.32 Å². The molecule has 0 radical (unpaired) electrons. The number of hydrogen-bond acceptors (Lipinski definition) is 3. The van der Waals surface area contributed by atoms with E-state index in [2.05, 4.69) is 15.3 Å². The number of halogens is 3. The number of nitrogens with one attached hydrogen (secondary N) is 1. The van der Waals surface area contributed by atoms with E-state index in [1.165, 1.54) is 12.3 Å². The zero-order valence-electron chi connectivity index (χ0n) is 10.2. The van der Waals surface area contributed by atoms with E-state index in [9.17, 15) is 13.2 Å². The summed E-state index contributed by atoms with van der Waals surface area (Å²) in [7, 11) is 0. The number of rotatable bonds is 3. The Bertz CT molecular complexity index is 567. The monoisotopic (exact) mass is 267 g/mol. The maximum atomic E-state index is 12.9. The Morgan fingerprint density at radius 1 is 1.21 bits per heavy atom. The van der Waals surface area contributed by atoms with Crippen LogP contribution in [-0.4, -0.2) is 16.5 Å². The van der Waals surface area contributed by atoms with Crippen LogP contribution in [0.1, 0.15) is 12.5 Å². The average Bonchev–Trinajstić information content (AvgIpc) is 2.38. The minimum Gasteiger partial charge on any atom is -0.370 e. The molecule has 2 aromatic heterocycles. The Morgan fingerprint density at radius 3 is 2.68 bits per heavy atom. The molecule has 0 saturated heterocycles. The van der Waals surface area contributed by atoms with Crippen LogP contribution in [0.15, 0.2) is 36.7 Å². The second-order valence-corrected chi connectivity index (χ2v) is 3.86. The molecular formula is C13H12F3N3. The molecule has 100 valence electrons. The van der Waals surface area contributed by atoms with Gasteiger partial charge in [-0.2, -0.15) is 13.2 Å². The van der Waals surface area contributed by atoms with Gasteiger partial charge in [0, 0.05) is 24.5 Å². The zero-order valence-corrected chi connectivity index (χ0v) is 10.2. The number of anilines is 1. The first-order chi connectivity index (χ1) is 9.02. The van der Waals surface area contributed by atoms with Gasteiger partial charge in [-0.05, 0) is 25.1 Å². The minimum absolute atomic E-state index is 0.0187. The molecule has 19 heavy (non-hydrogen) atoms. The highest BCUT2D eigenvalue weighted by Crippen LogP contribution is 2.35. The van der Waals surface area contributed by atoms with Crippen molar-refractivity contribution in [3.63, 3.8) is 0 Å². The van der Waals surface area contributed by atoms with Crippen molar-refractivity contribution in [1.82, 2.24) is 9.97 Å². The van der Waals surface area contributed by atoms with Crippen LogP contribution in [0, 0.1) is 0 Å². The van der Waals surface area contributed by atoms with Gasteiger partial charge in [0.25, 0.3) is 0 Å². The fourth-order valence-electron chi connectivity index (χ4n) is 1.71. The Hall–Kier alpha value is -2.11. The molecule has 2 rings (SSSR count). The van der Waals surface area contributed by atoms with Crippen molar-refractivity contribution in [2.24, 2.45) is 0 Å². The van der Waals surface area contributed by atoms with Crippen molar-refractivity contribution in [3.8, 4) is 11.3 Å². The molecule has 0 bridgehead atoms. The Balaban J connectivity index is 2.50. The van der Waals surface area contributed by atoms with E-state index in [4.69, 9.17) is 0 Å². The molecule has 0 amide bonds. The topological polar surface area (TPSA) is 37.8 Å². The molecular weight excluding hydrogens is 255 g/mol. The molecule has 0 saturated carbocycles. The molecule has 0 aliphatic rings. The quantitative estimate of drug-likeness (QED) is 0.923. The fourth-order valence-corrected chi connectivity index (χ4v) is 1.71. The lowest BCUT2D eigenvalue weighted by atomic mass is 10.1. The molecule has 2 heterocycles. The molecule has 0 aliphatic heterocycles. The third-order valence-electron chi connectivity index (χ3n) is 2.51. The van der Waals surface area contributed by atoms with Crippen molar-refractivity contribution in [2.45, 2.75) is 13.1 Å². The minimum atomic E-state index is -4.42. The van der Waals surface area contributed by atoms with Gasteiger partial charge in [-0.15, -0.1) is 0 Å². The Labute approximate surface area is 108 Å². The van der Waals surface area contributed by atoms with Gasteiger partial charge < -0.3 is 5.32 Å². The summed E-state index contributed by atoms with van der Waals surface area (Å²) < 4.78 is 38.7. The molecule has 0 unspecified atom stereocenters. The van der Waals surface area contributed by atoms with E-state index in [0.717, 1.165) is 12.3 Å². The third-order valence-corrected chi connectivity index (χ3v) is 2.51. The maximum absolute atomic E-state index is 12.9. The summed E-state index contributed by atoms with van der Waals surface area (Å²) in [6.07, 6.45) is -2.12. The van der Waals surface area contributed by atoms with Crippen LogP contribution in [0.2, 0.25) is 0 Å². The van der Waals surface area contributed by atoms with Gasteiger partial charge in [-0.3, -0.25) is 4.98 Å². The lowest BCUT2D eigenvalue weighted by Gasteiger charge is -2.12. The molecule has 0 fully saturated rings. The predicted octanol–water partition coefficient (Wildman–Crippen LogP) is 3.59. The SMILES string of the molecule is CCNc1cccc(-c2cnccc2C(F)(F)F)n1. The third kappa shape index (κ3) is 3.01. The highest BCUT2D eigenvalue weighted by atomic mass is 19.4. The second kappa shape index (κ2) is 5.26. The molecule has 0 spiro atoms. The average molecular weight is 267 g/mol. The van der Waals surface area contributed by atoms with E-state index >= 15 is 0 Å². The standard InChI is InChI=1S/C13H12F3N3/c1-2-18-12-5-3-4-11(19-12)9-8-17-7-6-10(9)13(14,15)16/h3-8H,2H2,1H3,(H,18,19). The van der Waals surface area contributed by atoms with E-state index in [1.807, 2.05) is 6.92 Å². The van der Waals surface area contributed by atoms with Crippen LogP contribution >= 0.6 is 0 Å². The molecule has 0 atom stereocenters. The fraction of sp³-hybridized carbons (Fsp3) is 0.231. The van der Waals surface area contributed by atoms with Crippen LogP contribution in [-0.2, 0) is 6.18 Å². The summed E-state index contributed by atoms with van der Waals surface area (Å²) in [5, 5.41) is 2.96. The first-order valence-electron chi connectivity index (χ1n) is 5.75.